The number of hydrogen-bond donors (Lipinski definition) is 1. The summed E-state index contributed by atoms with van der Waals surface area (Å²) in [6, 6.07) is 10.5. The number of amides is 2. The van der Waals surface area contributed by atoms with Crippen LogP contribution in [-0.2, 0) is 0 Å². The van der Waals surface area contributed by atoms with Gasteiger partial charge in [-0.25, -0.2) is 4.79 Å². The van der Waals surface area contributed by atoms with Crippen molar-refractivity contribution < 1.29 is 4.79 Å². The van der Waals surface area contributed by atoms with Gasteiger partial charge in [0.2, 0.25) is 0 Å². The molecule has 1 N–H and O–H groups in total. The van der Waals surface area contributed by atoms with Gasteiger partial charge in [-0.2, -0.15) is 11.8 Å². The SMILES string of the molecule is CC(C)(C)CNC(=O)N1CCSC(c2ccccc2)C1. The second-order valence-electron chi connectivity index (χ2n) is 6.44. The molecule has 3 nitrogen and oxygen atoms in total. The lowest BCUT2D eigenvalue weighted by atomic mass is 9.97. The largest absolute Gasteiger partial charge is 0.337 e. The quantitative estimate of drug-likeness (QED) is 0.904. The number of thioether (sulfide) groups is 1. The van der Waals surface area contributed by atoms with E-state index >= 15 is 0 Å². The van der Waals surface area contributed by atoms with Gasteiger partial charge in [0.25, 0.3) is 0 Å². The molecule has 1 saturated heterocycles. The van der Waals surface area contributed by atoms with Gasteiger partial charge in [0.15, 0.2) is 0 Å². The van der Waals surface area contributed by atoms with E-state index in [9.17, 15) is 4.79 Å². The Labute approximate surface area is 126 Å². The third-order valence-corrected chi connectivity index (χ3v) is 4.54. The smallest absolute Gasteiger partial charge is 0.317 e. The van der Waals surface area contributed by atoms with E-state index in [0.717, 1.165) is 18.8 Å². The fraction of sp³-hybridized carbons (Fsp3) is 0.562. The van der Waals surface area contributed by atoms with E-state index in [-0.39, 0.29) is 11.4 Å². The van der Waals surface area contributed by atoms with Gasteiger partial charge in [-0.3, -0.25) is 0 Å². The topological polar surface area (TPSA) is 32.3 Å². The first-order valence-electron chi connectivity index (χ1n) is 7.15. The maximum Gasteiger partial charge on any atom is 0.317 e. The molecular formula is C16H24N2OS. The molecule has 1 aromatic carbocycles. The molecule has 1 heterocycles. The summed E-state index contributed by atoms with van der Waals surface area (Å²) >= 11 is 1.94. The van der Waals surface area contributed by atoms with Crippen LogP contribution in [0.5, 0.6) is 0 Å². The highest BCUT2D eigenvalue weighted by Gasteiger charge is 2.25. The molecule has 1 unspecified atom stereocenters. The van der Waals surface area contributed by atoms with Crippen LogP contribution in [0.2, 0.25) is 0 Å². The van der Waals surface area contributed by atoms with E-state index in [4.69, 9.17) is 0 Å². The first-order chi connectivity index (χ1) is 9.46. The lowest BCUT2D eigenvalue weighted by molar-refractivity contribution is 0.195. The van der Waals surface area contributed by atoms with Crippen molar-refractivity contribution in [3.8, 4) is 0 Å². The standard InChI is InChI=1S/C16H24N2OS/c1-16(2,3)12-17-15(19)18-9-10-20-14(11-18)13-7-5-4-6-8-13/h4-8,14H,9-12H2,1-3H3,(H,17,19). The van der Waals surface area contributed by atoms with Crippen LogP contribution in [0.1, 0.15) is 31.6 Å². The molecule has 0 aliphatic carbocycles. The molecule has 1 aromatic rings. The van der Waals surface area contributed by atoms with E-state index in [0.29, 0.717) is 11.8 Å². The lowest BCUT2D eigenvalue weighted by Crippen LogP contribution is -2.47. The van der Waals surface area contributed by atoms with Gasteiger partial charge < -0.3 is 10.2 Å². The van der Waals surface area contributed by atoms with Gasteiger partial charge >= 0.3 is 6.03 Å². The van der Waals surface area contributed by atoms with E-state index in [1.165, 1.54) is 5.56 Å². The molecule has 2 rings (SSSR count). The zero-order chi connectivity index (χ0) is 14.6. The fourth-order valence-electron chi connectivity index (χ4n) is 2.16. The molecule has 20 heavy (non-hydrogen) atoms. The predicted octanol–water partition coefficient (Wildman–Crippen LogP) is 3.53. The van der Waals surface area contributed by atoms with Crippen molar-refractivity contribution in [3.63, 3.8) is 0 Å². The molecule has 110 valence electrons. The van der Waals surface area contributed by atoms with Crippen LogP contribution in [-0.4, -0.2) is 36.3 Å². The number of rotatable bonds is 2. The van der Waals surface area contributed by atoms with Crippen molar-refractivity contribution in [3.05, 3.63) is 35.9 Å². The predicted molar refractivity (Wildman–Crippen MR) is 86.1 cm³/mol. The number of urea groups is 1. The lowest BCUT2D eigenvalue weighted by Gasteiger charge is -2.33. The number of benzene rings is 1. The highest BCUT2D eigenvalue weighted by Crippen LogP contribution is 2.32. The summed E-state index contributed by atoms with van der Waals surface area (Å²) in [4.78, 5) is 14.2. The number of carbonyl (C=O) groups is 1. The molecular weight excluding hydrogens is 268 g/mol. The van der Waals surface area contributed by atoms with Crippen molar-refractivity contribution in [1.29, 1.82) is 0 Å². The van der Waals surface area contributed by atoms with Crippen molar-refractivity contribution in [2.75, 3.05) is 25.4 Å². The molecule has 0 aromatic heterocycles. The fourth-order valence-corrected chi connectivity index (χ4v) is 3.40. The summed E-state index contributed by atoms with van der Waals surface area (Å²) < 4.78 is 0. The minimum Gasteiger partial charge on any atom is -0.337 e. The van der Waals surface area contributed by atoms with Crippen LogP contribution in [0.4, 0.5) is 4.79 Å². The average molecular weight is 292 g/mol. The molecule has 0 bridgehead atoms. The Morgan fingerprint density at radius 3 is 2.70 bits per heavy atom. The maximum absolute atomic E-state index is 12.2. The Kier molecular flexibility index (Phi) is 4.97. The second-order valence-corrected chi connectivity index (χ2v) is 7.75. The zero-order valence-electron chi connectivity index (χ0n) is 12.6. The highest BCUT2D eigenvalue weighted by molar-refractivity contribution is 7.99. The summed E-state index contributed by atoms with van der Waals surface area (Å²) in [5, 5.41) is 3.44. The Bertz CT molecular complexity index is 442. The summed E-state index contributed by atoms with van der Waals surface area (Å²) in [7, 11) is 0. The zero-order valence-corrected chi connectivity index (χ0v) is 13.4. The van der Waals surface area contributed by atoms with Gasteiger partial charge in [0, 0.05) is 30.6 Å². The molecule has 1 atom stereocenters. The van der Waals surface area contributed by atoms with Crippen LogP contribution >= 0.6 is 11.8 Å². The summed E-state index contributed by atoms with van der Waals surface area (Å²) in [5.74, 6) is 1.00. The van der Waals surface area contributed by atoms with E-state index < -0.39 is 0 Å². The third kappa shape index (κ3) is 4.44. The third-order valence-electron chi connectivity index (χ3n) is 3.29. The Hall–Kier alpha value is -1.16. The monoisotopic (exact) mass is 292 g/mol. The number of nitrogens with one attached hydrogen (secondary N) is 1. The van der Waals surface area contributed by atoms with Crippen LogP contribution in [0.25, 0.3) is 0 Å². The van der Waals surface area contributed by atoms with Crippen LogP contribution in [0.3, 0.4) is 0 Å². The second kappa shape index (κ2) is 6.53. The van der Waals surface area contributed by atoms with Crippen LogP contribution in [0.15, 0.2) is 30.3 Å². The maximum atomic E-state index is 12.2. The van der Waals surface area contributed by atoms with Gasteiger partial charge in [-0.15, -0.1) is 0 Å². The molecule has 4 heteroatoms. The molecule has 0 spiro atoms. The minimum absolute atomic E-state index is 0.0705. The Morgan fingerprint density at radius 1 is 1.35 bits per heavy atom. The average Bonchev–Trinajstić information content (AvgIpc) is 2.45. The molecule has 1 fully saturated rings. The first-order valence-corrected chi connectivity index (χ1v) is 8.20. The molecule has 1 aliphatic rings. The highest BCUT2D eigenvalue weighted by atomic mass is 32.2. The molecule has 1 aliphatic heterocycles. The molecule has 2 amide bonds. The number of carbonyl (C=O) groups excluding carboxylic acids is 1. The first kappa shape index (κ1) is 15.2. The van der Waals surface area contributed by atoms with Gasteiger partial charge in [0.1, 0.15) is 0 Å². The van der Waals surface area contributed by atoms with Gasteiger partial charge in [0.05, 0.1) is 0 Å². The van der Waals surface area contributed by atoms with Crippen molar-refractivity contribution in [2.45, 2.75) is 26.0 Å². The molecule has 0 saturated carbocycles. The number of nitrogens with zero attached hydrogens (tertiary/aromatic N) is 1. The number of hydrogen-bond acceptors (Lipinski definition) is 2. The summed E-state index contributed by atoms with van der Waals surface area (Å²) in [5.41, 5.74) is 1.43. The van der Waals surface area contributed by atoms with E-state index in [2.05, 4.69) is 50.4 Å². The minimum atomic E-state index is 0.0705. The van der Waals surface area contributed by atoms with Crippen molar-refractivity contribution in [2.24, 2.45) is 5.41 Å². The van der Waals surface area contributed by atoms with E-state index in [1.807, 2.05) is 22.7 Å². The molecule has 0 radical (unpaired) electrons. The van der Waals surface area contributed by atoms with E-state index in [1.54, 1.807) is 0 Å². The van der Waals surface area contributed by atoms with Crippen molar-refractivity contribution >= 4 is 17.8 Å². The van der Waals surface area contributed by atoms with Gasteiger partial charge in [-0.1, -0.05) is 51.1 Å². The van der Waals surface area contributed by atoms with Gasteiger partial charge in [-0.05, 0) is 11.0 Å². The Morgan fingerprint density at radius 2 is 2.05 bits per heavy atom. The Balaban J connectivity index is 1.92. The van der Waals surface area contributed by atoms with Crippen LogP contribution < -0.4 is 5.32 Å². The summed E-state index contributed by atoms with van der Waals surface area (Å²) in [6.07, 6.45) is 0. The van der Waals surface area contributed by atoms with Crippen LogP contribution in [0, 0.1) is 5.41 Å². The summed E-state index contributed by atoms with van der Waals surface area (Å²) in [6.45, 7) is 8.74. The normalized spacial score (nSPS) is 19.8. The van der Waals surface area contributed by atoms with Crippen molar-refractivity contribution in [1.82, 2.24) is 10.2 Å².